The summed E-state index contributed by atoms with van der Waals surface area (Å²) in [7, 11) is 0. The maximum atomic E-state index is 13.2. The molecular formula is C9H5F13O. The quantitative estimate of drug-likeness (QED) is 0.482. The number of rotatable bonds is 4. The summed E-state index contributed by atoms with van der Waals surface area (Å²) < 4.78 is 164. The Balaban J connectivity index is 6.73. The van der Waals surface area contributed by atoms with Crippen LogP contribution in [0.1, 0.15) is 6.92 Å². The molecule has 1 nitrogen and oxygen atoms in total. The predicted octanol–water partition coefficient (Wildman–Crippen LogP) is 5.23. The summed E-state index contributed by atoms with van der Waals surface area (Å²) in [6, 6.07) is 0. The van der Waals surface area contributed by atoms with E-state index < -0.39 is 48.3 Å². The molecule has 0 aliphatic heterocycles. The zero-order valence-electron chi connectivity index (χ0n) is 10.5. The number of allylic oxidation sites excluding steroid dienone is 2. The van der Waals surface area contributed by atoms with Crippen molar-refractivity contribution < 1.29 is 61.8 Å². The summed E-state index contributed by atoms with van der Waals surface area (Å²) in [6.07, 6.45) is -20.6. The molecule has 0 aromatic carbocycles. The predicted molar refractivity (Wildman–Crippen MR) is 46.7 cm³/mol. The van der Waals surface area contributed by atoms with Gasteiger partial charge in [-0.2, -0.15) is 57.1 Å². The highest BCUT2D eigenvalue weighted by molar-refractivity contribution is 5.28. The van der Waals surface area contributed by atoms with E-state index >= 15 is 0 Å². The first-order valence-electron chi connectivity index (χ1n) is 5.16. The van der Waals surface area contributed by atoms with Crippen LogP contribution in [0.5, 0.6) is 0 Å². The van der Waals surface area contributed by atoms with Crippen molar-refractivity contribution in [3.63, 3.8) is 0 Å². The van der Waals surface area contributed by atoms with Gasteiger partial charge in [-0.15, -0.1) is 0 Å². The minimum Gasteiger partial charge on any atom is -0.491 e. The summed E-state index contributed by atoms with van der Waals surface area (Å²) in [4.78, 5) is 0. The van der Waals surface area contributed by atoms with Crippen molar-refractivity contribution in [3.8, 4) is 0 Å². The van der Waals surface area contributed by atoms with Crippen molar-refractivity contribution >= 4 is 0 Å². The normalized spacial score (nSPS) is 14.7. The molecule has 0 fully saturated rings. The standard InChI is InChI=1S/C9H5F13O/c1-2-23-4(3(6(12,13)14)7(15,16)17)5(10,11)8(18,19)9(20,21)22/h2H2,1H3. The summed E-state index contributed by atoms with van der Waals surface area (Å²) in [5, 5.41) is 0. The van der Waals surface area contributed by atoms with Crippen LogP contribution in [0.3, 0.4) is 0 Å². The second-order valence-electron chi connectivity index (χ2n) is 3.78. The van der Waals surface area contributed by atoms with Crippen molar-refractivity contribution in [1.82, 2.24) is 0 Å². The summed E-state index contributed by atoms with van der Waals surface area (Å²) in [5.74, 6) is -18.1. The van der Waals surface area contributed by atoms with Crippen LogP contribution in [-0.4, -0.2) is 37.0 Å². The molecule has 0 aromatic rings. The highest BCUT2D eigenvalue weighted by Crippen LogP contribution is 2.53. The number of hydrogen-bond donors (Lipinski definition) is 0. The van der Waals surface area contributed by atoms with Gasteiger partial charge < -0.3 is 4.74 Å². The molecule has 0 N–H and O–H groups in total. The summed E-state index contributed by atoms with van der Waals surface area (Å²) in [5.41, 5.74) is -4.29. The Labute approximate surface area is 118 Å². The second-order valence-corrected chi connectivity index (χ2v) is 3.78. The van der Waals surface area contributed by atoms with E-state index in [1.807, 2.05) is 0 Å². The van der Waals surface area contributed by atoms with Gasteiger partial charge in [0.2, 0.25) is 0 Å². The van der Waals surface area contributed by atoms with Gasteiger partial charge in [0.05, 0.1) is 6.61 Å². The lowest BCUT2D eigenvalue weighted by Gasteiger charge is -2.31. The fourth-order valence-corrected chi connectivity index (χ4v) is 1.20. The molecule has 0 rings (SSSR count). The average Bonchev–Trinajstić information content (AvgIpc) is 2.22. The van der Waals surface area contributed by atoms with Crippen molar-refractivity contribution in [2.24, 2.45) is 0 Å². The molecule has 0 aliphatic carbocycles. The monoisotopic (exact) mass is 376 g/mol. The molecule has 0 heterocycles. The summed E-state index contributed by atoms with van der Waals surface area (Å²) >= 11 is 0. The Morgan fingerprint density at radius 1 is 0.696 bits per heavy atom. The lowest BCUT2D eigenvalue weighted by Crippen LogP contribution is -2.54. The number of alkyl halides is 13. The van der Waals surface area contributed by atoms with E-state index in [2.05, 4.69) is 4.74 Å². The molecule has 0 radical (unpaired) electrons. The van der Waals surface area contributed by atoms with Crippen LogP contribution in [0, 0.1) is 0 Å². The molecule has 0 spiro atoms. The number of halogens is 13. The minimum absolute atomic E-state index is 0.506. The van der Waals surface area contributed by atoms with Gasteiger partial charge in [-0.25, -0.2) is 0 Å². The third kappa shape index (κ3) is 4.13. The zero-order valence-corrected chi connectivity index (χ0v) is 10.5. The highest BCUT2D eigenvalue weighted by atomic mass is 19.4. The lowest BCUT2D eigenvalue weighted by molar-refractivity contribution is -0.352. The maximum absolute atomic E-state index is 13.2. The topological polar surface area (TPSA) is 9.23 Å². The van der Waals surface area contributed by atoms with E-state index in [-0.39, 0.29) is 0 Å². The Morgan fingerprint density at radius 2 is 1.04 bits per heavy atom. The molecule has 0 aliphatic rings. The van der Waals surface area contributed by atoms with Crippen LogP contribution in [0.25, 0.3) is 0 Å². The Kier molecular flexibility index (Phi) is 5.57. The minimum atomic E-state index is -7.24. The summed E-state index contributed by atoms with van der Waals surface area (Å²) in [6.45, 7) is -0.958. The van der Waals surface area contributed by atoms with Crippen LogP contribution in [-0.2, 0) is 4.74 Å². The van der Waals surface area contributed by atoms with Crippen LogP contribution in [0.4, 0.5) is 57.1 Å². The van der Waals surface area contributed by atoms with Gasteiger partial charge in [0.1, 0.15) is 0 Å². The van der Waals surface area contributed by atoms with Crippen molar-refractivity contribution in [2.75, 3.05) is 6.61 Å². The molecule has 0 aromatic heterocycles. The molecule has 0 saturated carbocycles. The van der Waals surface area contributed by atoms with Gasteiger partial charge in [-0.3, -0.25) is 0 Å². The fourth-order valence-electron chi connectivity index (χ4n) is 1.20. The smallest absolute Gasteiger partial charge is 0.460 e. The molecule has 0 atom stereocenters. The Bertz CT molecular complexity index is 434. The second kappa shape index (κ2) is 5.92. The molecule has 0 unspecified atom stereocenters. The number of hydrogen-bond acceptors (Lipinski definition) is 1. The molecule has 0 amide bonds. The van der Waals surface area contributed by atoms with E-state index in [1.165, 1.54) is 0 Å². The first-order valence-corrected chi connectivity index (χ1v) is 5.16. The first-order chi connectivity index (χ1) is 9.81. The maximum Gasteiger partial charge on any atom is 0.460 e. The zero-order chi connectivity index (χ0) is 19.1. The van der Waals surface area contributed by atoms with Crippen LogP contribution in [0.15, 0.2) is 11.3 Å². The average molecular weight is 376 g/mol. The van der Waals surface area contributed by atoms with Crippen LogP contribution in [0.2, 0.25) is 0 Å². The largest absolute Gasteiger partial charge is 0.491 e. The van der Waals surface area contributed by atoms with Gasteiger partial charge in [0.25, 0.3) is 0 Å². The van der Waals surface area contributed by atoms with E-state index in [0.29, 0.717) is 6.92 Å². The third-order valence-corrected chi connectivity index (χ3v) is 2.12. The van der Waals surface area contributed by atoms with Crippen molar-refractivity contribution in [1.29, 1.82) is 0 Å². The molecular weight excluding hydrogens is 371 g/mol. The van der Waals surface area contributed by atoms with Gasteiger partial charge in [0.15, 0.2) is 11.3 Å². The molecule has 138 valence electrons. The molecule has 14 heteroatoms. The van der Waals surface area contributed by atoms with E-state index in [1.54, 1.807) is 0 Å². The third-order valence-electron chi connectivity index (χ3n) is 2.12. The highest BCUT2D eigenvalue weighted by Gasteiger charge is 2.77. The molecule has 0 saturated heterocycles. The van der Waals surface area contributed by atoms with E-state index in [9.17, 15) is 57.1 Å². The van der Waals surface area contributed by atoms with Gasteiger partial charge in [-0.05, 0) is 6.92 Å². The SMILES string of the molecule is CCOC(=C(C(F)(F)F)C(F)(F)F)C(F)(F)C(F)(F)C(F)(F)F. The van der Waals surface area contributed by atoms with E-state index in [0.717, 1.165) is 0 Å². The first kappa shape index (κ1) is 21.6. The molecule has 0 bridgehead atoms. The fraction of sp³-hybridized carbons (Fsp3) is 0.778. The van der Waals surface area contributed by atoms with Crippen molar-refractivity contribution in [3.05, 3.63) is 11.3 Å². The van der Waals surface area contributed by atoms with Gasteiger partial charge in [0, 0.05) is 0 Å². The van der Waals surface area contributed by atoms with Gasteiger partial charge in [-0.1, -0.05) is 0 Å². The Hall–Kier alpha value is -1.37. The number of ether oxygens (including phenoxy) is 1. The van der Waals surface area contributed by atoms with Gasteiger partial charge >= 0.3 is 30.4 Å². The van der Waals surface area contributed by atoms with Crippen LogP contribution < -0.4 is 0 Å². The van der Waals surface area contributed by atoms with E-state index in [4.69, 9.17) is 0 Å². The van der Waals surface area contributed by atoms with Crippen molar-refractivity contribution in [2.45, 2.75) is 37.3 Å². The lowest BCUT2D eigenvalue weighted by atomic mass is 10.0. The molecule has 23 heavy (non-hydrogen) atoms. The Morgan fingerprint density at radius 3 is 1.26 bits per heavy atom. The van der Waals surface area contributed by atoms with Crippen LogP contribution >= 0.6 is 0 Å².